The number of hydrogen-bond donors (Lipinski definition) is 1. The number of nitrogens with zero attached hydrogens (tertiary/aromatic N) is 1. The molecule has 23 heavy (non-hydrogen) atoms. The minimum atomic E-state index is -0.0522. The lowest BCUT2D eigenvalue weighted by Gasteiger charge is -2.42. The Balaban J connectivity index is 1.72. The van der Waals surface area contributed by atoms with Crippen LogP contribution in [0.2, 0.25) is 0 Å². The lowest BCUT2D eigenvalue weighted by molar-refractivity contribution is -0.00659. The number of likely N-dealkylation sites (N-methyl/N-ethyl adjacent to an activating group) is 1. The highest BCUT2D eigenvalue weighted by molar-refractivity contribution is 5.97. The largest absolute Gasteiger partial charge is 0.489 e. The molecule has 2 heterocycles. The maximum atomic E-state index is 12.7. The normalized spacial score (nSPS) is 22.5. The van der Waals surface area contributed by atoms with Crippen LogP contribution in [0.4, 0.5) is 0 Å². The first-order valence-corrected chi connectivity index (χ1v) is 8.34. The molecule has 1 aromatic carbocycles. The average Bonchev–Trinajstić information content (AvgIpc) is 2.93. The second-order valence-corrected chi connectivity index (χ2v) is 6.84. The van der Waals surface area contributed by atoms with Crippen LogP contribution in [0.15, 0.2) is 18.2 Å². The first-order chi connectivity index (χ1) is 11.0. The van der Waals surface area contributed by atoms with Crippen LogP contribution in [0.25, 0.3) is 0 Å². The number of amides is 1. The highest BCUT2D eigenvalue weighted by atomic mass is 16.5. The predicted octanol–water partition coefficient (Wildman–Crippen LogP) is 1.85. The van der Waals surface area contributed by atoms with Crippen molar-refractivity contribution in [3.8, 4) is 5.75 Å². The second kappa shape index (κ2) is 6.49. The Labute approximate surface area is 137 Å². The molecule has 1 N–H and O–H groups in total. The number of para-hydroxylation sites is 1. The second-order valence-electron chi connectivity index (χ2n) is 6.84. The van der Waals surface area contributed by atoms with E-state index in [0.29, 0.717) is 12.1 Å². The fourth-order valence-corrected chi connectivity index (χ4v) is 3.49. The van der Waals surface area contributed by atoms with E-state index in [0.717, 1.165) is 43.8 Å². The van der Waals surface area contributed by atoms with Crippen LogP contribution in [-0.4, -0.2) is 56.3 Å². The number of nitrogens with one attached hydrogen (secondary N) is 1. The number of carbonyl (C=O) groups excluding carboxylic acids is 1. The van der Waals surface area contributed by atoms with Crippen LogP contribution in [0.1, 0.15) is 35.7 Å². The summed E-state index contributed by atoms with van der Waals surface area (Å²) in [6.07, 6.45) is 2.87. The van der Waals surface area contributed by atoms with Crippen molar-refractivity contribution < 1.29 is 14.3 Å². The Bertz CT molecular complexity index is 580. The van der Waals surface area contributed by atoms with Crippen LogP contribution < -0.4 is 10.1 Å². The van der Waals surface area contributed by atoms with E-state index < -0.39 is 0 Å². The molecule has 1 fully saturated rings. The maximum absolute atomic E-state index is 12.7. The van der Waals surface area contributed by atoms with Gasteiger partial charge in [-0.15, -0.1) is 0 Å². The van der Waals surface area contributed by atoms with Crippen molar-refractivity contribution in [1.29, 1.82) is 0 Å². The SMILES string of the molecule is CC1Cc2cccc(C(=O)NCC3(N(C)C)CCOCC3)c2O1. The van der Waals surface area contributed by atoms with E-state index in [1.54, 1.807) is 0 Å². The van der Waals surface area contributed by atoms with Gasteiger partial charge in [-0.3, -0.25) is 4.79 Å². The summed E-state index contributed by atoms with van der Waals surface area (Å²) < 4.78 is 11.3. The summed E-state index contributed by atoms with van der Waals surface area (Å²) in [5, 5.41) is 3.12. The number of ether oxygens (including phenoxy) is 2. The molecule has 126 valence electrons. The van der Waals surface area contributed by atoms with Crippen molar-refractivity contribution in [3.05, 3.63) is 29.3 Å². The highest BCUT2D eigenvalue weighted by Crippen LogP contribution is 2.32. The Morgan fingerprint density at radius 3 is 2.78 bits per heavy atom. The van der Waals surface area contributed by atoms with Gasteiger partial charge in [-0.1, -0.05) is 12.1 Å². The van der Waals surface area contributed by atoms with Gasteiger partial charge in [0, 0.05) is 31.7 Å². The highest BCUT2D eigenvalue weighted by Gasteiger charge is 2.35. The molecular formula is C18H26N2O3. The number of benzene rings is 1. The first-order valence-electron chi connectivity index (χ1n) is 8.34. The molecule has 1 amide bonds. The summed E-state index contributed by atoms with van der Waals surface area (Å²) in [5.41, 5.74) is 1.74. The summed E-state index contributed by atoms with van der Waals surface area (Å²) in [6, 6.07) is 5.82. The van der Waals surface area contributed by atoms with Crippen molar-refractivity contribution in [1.82, 2.24) is 10.2 Å². The van der Waals surface area contributed by atoms with E-state index in [9.17, 15) is 4.79 Å². The van der Waals surface area contributed by atoms with E-state index >= 15 is 0 Å². The van der Waals surface area contributed by atoms with Crippen LogP contribution in [0.5, 0.6) is 5.75 Å². The number of hydrogen-bond acceptors (Lipinski definition) is 4. The van der Waals surface area contributed by atoms with Crippen molar-refractivity contribution >= 4 is 5.91 Å². The van der Waals surface area contributed by atoms with Crippen molar-refractivity contribution in [2.45, 2.75) is 37.8 Å². The monoisotopic (exact) mass is 318 g/mol. The summed E-state index contributed by atoms with van der Waals surface area (Å²) in [4.78, 5) is 14.9. The summed E-state index contributed by atoms with van der Waals surface area (Å²) >= 11 is 0. The van der Waals surface area contributed by atoms with Gasteiger partial charge in [0.25, 0.3) is 5.91 Å². The van der Waals surface area contributed by atoms with Gasteiger partial charge in [-0.2, -0.15) is 0 Å². The molecule has 0 spiro atoms. The molecule has 1 saturated heterocycles. The predicted molar refractivity (Wildman–Crippen MR) is 89.0 cm³/mol. The van der Waals surface area contributed by atoms with Gasteiger partial charge < -0.3 is 19.7 Å². The first kappa shape index (κ1) is 16.3. The third kappa shape index (κ3) is 3.21. The molecule has 0 aromatic heterocycles. The summed E-state index contributed by atoms with van der Waals surface area (Å²) in [5.74, 6) is 0.701. The Morgan fingerprint density at radius 1 is 1.35 bits per heavy atom. The van der Waals surface area contributed by atoms with Crippen LogP contribution >= 0.6 is 0 Å². The molecule has 0 bridgehead atoms. The number of carbonyl (C=O) groups is 1. The van der Waals surface area contributed by atoms with Gasteiger partial charge >= 0.3 is 0 Å². The van der Waals surface area contributed by atoms with E-state index in [1.807, 2.05) is 25.1 Å². The van der Waals surface area contributed by atoms with Crippen molar-refractivity contribution in [2.75, 3.05) is 33.9 Å². The van der Waals surface area contributed by atoms with E-state index in [-0.39, 0.29) is 17.6 Å². The van der Waals surface area contributed by atoms with Crippen LogP contribution in [0.3, 0.4) is 0 Å². The fourth-order valence-electron chi connectivity index (χ4n) is 3.49. The van der Waals surface area contributed by atoms with Gasteiger partial charge in [-0.05, 0) is 45.5 Å². The maximum Gasteiger partial charge on any atom is 0.255 e. The molecule has 0 aliphatic carbocycles. The van der Waals surface area contributed by atoms with Gasteiger partial charge in [0.15, 0.2) is 0 Å². The Hall–Kier alpha value is -1.59. The van der Waals surface area contributed by atoms with Gasteiger partial charge in [0.1, 0.15) is 11.9 Å². The van der Waals surface area contributed by atoms with E-state index in [1.165, 1.54) is 0 Å². The third-order valence-corrected chi connectivity index (χ3v) is 5.12. The lowest BCUT2D eigenvalue weighted by Crippen LogP contribution is -2.55. The molecule has 0 saturated carbocycles. The molecule has 1 unspecified atom stereocenters. The minimum absolute atomic E-state index is 0.0278. The summed E-state index contributed by atoms with van der Waals surface area (Å²) in [6.45, 7) is 4.15. The summed E-state index contributed by atoms with van der Waals surface area (Å²) in [7, 11) is 4.14. The zero-order valence-corrected chi connectivity index (χ0v) is 14.2. The molecule has 2 aliphatic heterocycles. The molecule has 0 radical (unpaired) electrons. The smallest absolute Gasteiger partial charge is 0.255 e. The molecular weight excluding hydrogens is 292 g/mol. The van der Waals surface area contributed by atoms with E-state index in [2.05, 4.69) is 24.3 Å². The standard InChI is InChI=1S/C18H26N2O3/c1-13-11-14-5-4-6-15(16(14)23-13)17(21)19-12-18(20(2)3)7-9-22-10-8-18/h4-6,13H,7-12H2,1-3H3,(H,19,21). The number of rotatable bonds is 4. The van der Waals surface area contributed by atoms with Crippen LogP contribution in [0, 0.1) is 0 Å². The van der Waals surface area contributed by atoms with Crippen molar-refractivity contribution in [3.63, 3.8) is 0 Å². The van der Waals surface area contributed by atoms with Crippen LogP contribution in [-0.2, 0) is 11.2 Å². The fraction of sp³-hybridized carbons (Fsp3) is 0.611. The molecule has 5 heteroatoms. The molecule has 1 atom stereocenters. The molecule has 5 nitrogen and oxygen atoms in total. The molecule has 1 aromatic rings. The molecule has 2 aliphatic rings. The topological polar surface area (TPSA) is 50.8 Å². The van der Waals surface area contributed by atoms with Crippen molar-refractivity contribution in [2.24, 2.45) is 0 Å². The molecule has 3 rings (SSSR count). The minimum Gasteiger partial charge on any atom is -0.489 e. The van der Waals surface area contributed by atoms with Gasteiger partial charge in [0.2, 0.25) is 0 Å². The zero-order chi connectivity index (χ0) is 16.4. The van der Waals surface area contributed by atoms with E-state index in [4.69, 9.17) is 9.47 Å². The zero-order valence-electron chi connectivity index (χ0n) is 14.2. The van der Waals surface area contributed by atoms with Gasteiger partial charge in [0.05, 0.1) is 5.56 Å². The average molecular weight is 318 g/mol. The lowest BCUT2D eigenvalue weighted by atomic mass is 9.88. The third-order valence-electron chi connectivity index (χ3n) is 5.12. The number of fused-ring (bicyclic) bond motifs is 1. The Kier molecular flexibility index (Phi) is 4.60. The quantitative estimate of drug-likeness (QED) is 0.920. The van der Waals surface area contributed by atoms with Gasteiger partial charge in [-0.25, -0.2) is 0 Å². The Morgan fingerprint density at radius 2 is 2.09 bits per heavy atom.